The van der Waals surface area contributed by atoms with Gasteiger partial charge in [-0.05, 0) is 49.4 Å². The molecule has 2 aromatic heterocycles. The Hall–Kier alpha value is -2.88. The largest absolute Gasteiger partial charge is 0.504 e. The lowest BCUT2D eigenvalue weighted by molar-refractivity contribution is -0.113. The number of aryl methyl sites for hydroxylation is 2. The maximum atomic E-state index is 12.9. The van der Waals surface area contributed by atoms with E-state index >= 15 is 0 Å². The Labute approximate surface area is 201 Å². The number of hydrogen-bond donors (Lipinski definition) is 2. The zero-order chi connectivity index (χ0) is 23.6. The van der Waals surface area contributed by atoms with E-state index in [1.54, 1.807) is 12.1 Å². The smallest absolute Gasteiger partial charge is 0.278 e. The van der Waals surface area contributed by atoms with Crippen LogP contribution in [0, 0.1) is 0 Å². The lowest BCUT2D eigenvalue weighted by Crippen LogP contribution is -2.36. The summed E-state index contributed by atoms with van der Waals surface area (Å²) in [5.41, 5.74) is 1.73. The molecule has 172 valence electrons. The van der Waals surface area contributed by atoms with Crippen LogP contribution in [0.25, 0.3) is 5.76 Å². The fourth-order valence-electron chi connectivity index (χ4n) is 3.62. The van der Waals surface area contributed by atoms with Crippen LogP contribution in [0.1, 0.15) is 29.0 Å². The van der Waals surface area contributed by atoms with Gasteiger partial charge in [0.2, 0.25) is 0 Å². The fourth-order valence-corrected chi connectivity index (χ4v) is 6.57. The van der Waals surface area contributed by atoms with Gasteiger partial charge >= 0.3 is 0 Å². The third kappa shape index (κ3) is 4.90. The van der Waals surface area contributed by atoms with Crippen LogP contribution in [0.3, 0.4) is 0 Å². The number of aromatic nitrogens is 1. The monoisotopic (exact) mass is 503 g/mol. The van der Waals surface area contributed by atoms with E-state index in [-0.39, 0.29) is 25.6 Å². The van der Waals surface area contributed by atoms with E-state index < -0.39 is 21.7 Å². The van der Waals surface area contributed by atoms with Crippen LogP contribution in [0.5, 0.6) is 0 Å². The minimum atomic E-state index is -4.01. The molecule has 0 fully saturated rings. The van der Waals surface area contributed by atoms with Gasteiger partial charge in [-0.25, -0.2) is 13.4 Å². The Morgan fingerprint density at radius 1 is 1.12 bits per heavy atom. The minimum absolute atomic E-state index is 0.0448. The standard InChI is InChI=1S/C23H22ClN3O4S2/c1-27-20(21(28)22-17(33(27,30)31)14-18(24)32-22)23(29)26-19-13-7-12-16(25-19)11-6-5-10-15-8-3-2-4-9-15/h2-4,7-9,12-14,28H,5-6,10-11H2,1H3,(H,25,26,29). The van der Waals surface area contributed by atoms with Crippen LogP contribution in [-0.2, 0) is 27.7 Å². The molecule has 0 aliphatic carbocycles. The number of hydrogen-bond acceptors (Lipinski definition) is 6. The maximum absolute atomic E-state index is 12.9. The van der Waals surface area contributed by atoms with Crippen molar-refractivity contribution < 1.29 is 18.3 Å². The molecule has 33 heavy (non-hydrogen) atoms. The van der Waals surface area contributed by atoms with Gasteiger partial charge in [0.05, 0.1) is 9.21 Å². The second-order valence-electron chi connectivity index (χ2n) is 7.57. The molecule has 4 rings (SSSR count). The first-order chi connectivity index (χ1) is 15.8. The Morgan fingerprint density at radius 3 is 2.61 bits per heavy atom. The van der Waals surface area contributed by atoms with Crippen LogP contribution in [0.2, 0.25) is 4.34 Å². The molecule has 0 unspecified atom stereocenters. The molecule has 0 atom stereocenters. The number of rotatable bonds is 7. The lowest BCUT2D eigenvalue weighted by atomic mass is 10.1. The number of carbonyl (C=O) groups is 1. The average molecular weight is 504 g/mol. The van der Waals surface area contributed by atoms with Crippen molar-refractivity contribution in [2.75, 3.05) is 12.4 Å². The van der Waals surface area contributed by atoms with E-state index in [1.807, 2.05) is 24.3 Å². The summed E-state index contributed by atoms with van der Waals surface area (Å²) in [6, 6.07) is 16.8. The van der Waals surface area contributed by atoms with Crippen molar-refractivity contribution in [2.45, 2.75) is 30.6 Å². The van der Waals surface area contributed by atoms with E-state index in [2.05, 4.69) is 22.4 Å². The summed E-state index contributed by atoms with van der Waals surface area (Å²) < 4.78 is 26.5. The Balaban J connectivity index is 1.45. The topological polar surface area (TPSA) is 99.6 Å². The van der Waals surface area contributed by atoms with Crippen molar-refractivity contribution in [3.8, 4) is 0 Å². The molecule has 1 amide bonds. The molecule has 1 aliphatic rings. The van der Waals surface area contributed by atoms with Crippen LogP contribution >= 0.6 is 22.9 Å². The number of sulfonamides is 1. The van der Waals surface area contributed by atoms with Gasteiger partial charge in [0.1, 0.15) is 10.7 Å². The summed E-state index contributed by atoms with van der Waals surface area (Å²) in [6.45, 7) is 0. The number of aliphatic hydroxyl groups is 1. The Bertz CT molecular complexity index is 1320. The quantitative estimate of drug-likeness (QED) is 0.448. The number of amides is 1. The summed E-state index contributed by atoms with van der Waals surface area (Å²) >= 11 is 6.84. The van der Waals surface area contributed by atoms with E-state index in [9.17, 15) is 18.3 Å². The molecule has 0 bridgehead atoms. The normalized spacial score (nSPS) is 14.8. The second-order valence-corrected chi connectivity index (χ2v) is 11.2. The van der Waals surface area contributed by atoms with E-state index in [0.29, 0.717) is 0 Å². The lowest BCUT2D eigenvalue weighted by Gasteiger charge is -2.26. The molecule has 10 heteroatoms. The molecule has 0 saturated carbocycles. The molecule has 2 N–H and O–H groups in total. The third-order valence-electron chi connectivity index (χ3n) is 5.32. The number of thiophene rings is 1. The van der Waals surface area contributed by atoms with Crippen LogP contribution in [0.15, 0.2) is 65.2 Å². The van der Waals surface area contributed by atoms with Crippen LogP contribution < -0.4 is 5.32 Å². The summed E-state index contributed by atoms with van der Waals surface area (Å²) in [5.74, 6) is -0.932. The number of anilines is 1. The number of fused-ring (bicyclic) bond motifs is 1. The van der Waals surface area contributed by atoms with Gasteiger partial charge in [-0.1, -0.05) is 48.0 Å². The molecule has 0 radical (unpaired) electrons. The first-order valence-electron chi connectivity index (χ1n) is 10.3. The van der Waals surface area contributed by atoms with E-state index in [0.717, 1.165) is 47.0 Å². The van der Waals surface area contributed by atoms with Crippen molar-refractivity contribution in [1.29, 1.82) is 0 Å². The molecule has 1 aliphatic heterocycles. The molecule has 0 saturated heterocycles. The van der Waals surface area contributed by atoms with Crippen molar-refractivity contribution >= 4 is 50.4 Å². The predicted octanol–water partition coefficient (Wildman–Crippen LogP) is 4.86. The van der Waals surface area contributed by atoms with Gasteiger partial charge in [-0.3, -0.25) is 9.10 Å². The van der Waals surface area contributed by atoms with Gasteiger partial charge in [-0.2, -0.15) is 0 Å². The van der Waals surface area contributed by atoms with Gasteiger partial charge in [0.15, 0.2) is 11.5 Å². The highest BCUT2D eigenvalue weighted by Crippen LogP contribution is 2.41. The number of benzene rings is 1. The zero-order valence-electron chi connectivity index (χ0n) is 17.8. The average Bonchev–Trinajstić information content (AvgIpc) is 3.20. The maximum Gasteiger partial charge on any atom is 0.278 e. The number of nitrogens with zero attached hydrogens (tertiary/aromatic N) is 2. The number of halogens is 1. The number of unbranched alkanes of at least 4 members (excludes halogenated alkanes) is 1. The molecule has 3 heterocycles. The van der Waals surface area contributed by atoms with Crippen LogP contribution in [-0.4, -0.2) is 35.8 Å². The van der Waals surface area contributed by atoms with Gasteiger partial charge in [0.25, 0.3) is 15.9 Å². The molecular formula is C23H22ClN3O4S2. The first-order valence-corrected chi connectivity index (χ1v) is 12.9. The van der Waals surface area contributed by atoms with Crippen molar-refractivity contribution in [2.24, 2.45) is 0 Å². The van der Waals surface area contributed by atoms with Crippen molar-refractivity contribution in [1.82, 2.24) is 9.29 Å². The molecule has 0 spiro atoms. The Kier molecular flexibility index (Phi) is 6.73. The van der Waals surface area contributed by atoms with Gasteiger partial charge in [-0.15, -0.1) is 11.3 Å². The van der Waals surface area contributed by atoms with E-state index in [1.165, 1.54) is 18.7 Å². The SMILES string of the molecule is CN1C(C(=O)Nc2cccc(CCCCc3ccccc3)n2)=C(O)c2sc(Cl)cc2S1(=O)=O. The molecule has 7 nitrogen and oxygen atoms in total. The van der Waals surface area contributed by atoms with Gasteiger partial charge in [0, 0.05) is 12.7 Å². The summed E-state index contributed by atoms with van der Waals surface area (Å²) in [4.78, 5) is 17.3. The highest BCUT2D eigenvalue weighted by molar-refractivity contribution is 7.89. The Morgan fingerprint density at radius 2 is 1.85 bits per heavy atom. The van der Waals surface area contributed by atoms with Crippen LogP contribution in [0.4, 0.5) is 5.82 Å². The van der Waals surface area contributed by atoms with E-state index in [4.69, 9.17) is 11.6 Å². The number of pyridine rings is 1. The highest BCUT2D eigenvalue weighted by Gasteiger charge is 2.39. The zero-order valence-corrected chi connectivity index (χ0v) is 20.2. The molecule has 3 aromatic rings. The number of nitrogens with one attached hydrogen (secondary N) is 1. The first kappa shape index (κ1) is 23.3. The molecular weight excluding hydrogens is 482 g/mol. The summed E-state index contributed by atoms with van der Waals surface area (Å²) in [7, 11) is -2.79. The van der Waals surface area contributed by atoms with Crippen molar-refractivity contribution in [3.63, 3.8) is 0 Å². The summed E-state index contributed by atoms with van der Waals surface area (Å²) in [5, 5.41) is 13.2. The second kappa shape index (κ2) is 9.54. The summed E-state index contributed by atoms with van der Waals surface area (Å²) in [6.07, 6.45) is 3.68. The number of carbonyl (C=O) groups excluding carboxylic acids is 1. The third-order valence-corrected chi connectivity index (χ3v) is 8.50. The van der Waals surface area contributed by atoms with Gasteiger partial charge < -0.3 is 10.4 Å². The molecule has 1 aromatic carbocycles. The number of aliphatic hydroxyl groups excluding tert-OH is 1. The van der Waals surface area contributed by atoms with Crippen molar-refractivity contribution in [3.05, 3.63) is 80.8 Å². The fraction of sp³-hybridized carbons (Fsp3) is 0.217. The predicted molar refractivity (Wildman–Crippen MR) is 130 cm³/mol. The highest BCUT2D eigenvalue weighted by atomic mass is 35.5. The number of likely N-dealkylation sites (N-methyl/N-ethyl adjacent to an activating group) is 1. The minimum Gasteiger partial charge on any atom is -0.504 e.